The second kappa shape index (κ2) is 31.3. The molecule has 1 amide bonds. The number of nitrogens with two attached hydrogens (primary N) is 1. The van der Waals surface area contributed by atoms with Gasteiger partial charge >= 0.3 is 0 Å². The highest BCUT2D eigenvalue weighted by Crippen LogP contribution is 2.23. The number of hydrogen-bond acceptors (Lipinski definition) is 4. The zero-order chi connectivity index (χ0) is 31.1. The summed E-state index contributed by atoms with van der Waals surface area (Å²) in [5.41, 5.74) is 6.04. The molecule has 5 nitrogen and oxygen atoms in total. The van der Waals surface area contributed by atoms with Crippen LogP contribution in [-0.4, -0.2) is 44.4 Å². The molecule has 0 aromatic carbocycles. The van der Waals surface area contributed by atoms with E-state index in [1.54, 1.807) is 0 Å². The molecule has 1 atom stereocenters. The number of ether oxygens (including phenoxy) is 2. The van der Waals surface area contributed by atoms with Crippen LogP contribution >= 0.6 is 0 Å². The van der Waals surface area contributed by atoms with Crippen LogP contribution in [0.5, 0.6) is 0 Å². The van der Waals surface area contributed by atoms with Crippen molar-refractivity contribution in [2.45, 2.75) is 206 Å². The molecule has 43 heavy (non-hydrogen) atoms. The van der Waals surface area contributed by atoms with Crippen molar-refractivity contribution in [3.05, 3.63) is 0 Å². The zero-order valence-electron chi connectivity index (χ0n) is 29.2. The largest absolute Gasteiger partial charge is 0.379 e. The SMILES string of the molecule is CCCCCCCCCCCCCCOCC(CNC(=O)C1CCC(N)CC1)OCCCCCCCCCCCCCC. The third-order valence-corrected chi connectivity index (χ3v) is 9.44. The Hall–Kier alpha value is -0.650. The molecule has 1 aliphatic rings. The van der Waals surface area contributed by atoms with E-state index >= 15 is 0 Å². The summed E-state index contributed by atoms with van der Waals surface area (Å²) in [6, 6.07) is 0.268. The van der Waals surface area contributed by atoms with Crippen LogP contribution in [-0.2, 0) is 14.3 Å². The molecule has 256 valence electrons. The topological polar surface area (TPSA) is 73.6 Å². The van der Waals surface area contributed by atoms with Crippen molar-refractivity contribution in [1.29, 1.82) is 0 Å². The van der Waals surface area contributed by atoms with Crippen LogP contribution in [0.15, 0.2) is 0 Å². The van der Waals surface area contributed by atoms with Gasteiger partial charge in [-0.25, -0.2) is 0 Å². The first kappa shape index (κ1) is 40.4. The van der Waals surface area contributed by atoms with Crippen LogP contribution in [0, 0.1) is 5.92 Å². The second-order valence-corrected chi connectivity index (χ2v) is 13.7. The number of unbranched alkanes of at least 4 members (excludes halogenated alkanes) is 22. The Kier molecular flexibility index (Phi) is 29.4. The average Bonchev–Trinajstić information content (AvgIpc) is 3.02. The van der Waals surface area contributed by atoms with Gasteiger partial charge in [0.1, 0.15) is 0 Å². The molecule has 3 N–H and O–H groups in total. The van der Waals surface area contributed by atoms with Crippen molar-refractivity contribution < 1.29 is 14.3 Å². The molecule has 0 aliphatic heterocycles. The summed E-state index contributed by atoms with van der Waals surface area (Å²) < 4.78 is 12.3. The lowest BCUT2D eigenvalue weighted by Gasteiger charge is -2.26. The molecular weight excluding hydrogens is 532 g/mol. The number of hydrogen-bond donors (Lipinski definition) is 2. The number of nitrogens with one attached hydrogen (secondary N) is 1. The third-order valence-electron chi connectivity index (χ3n) is 9.44. The summed E-state index contributed by atoms with van der Waals surface area (Å²) in [4.78, 5) is 12.8. The molecule has 0 aromatic rings. The number of amides is 1. The van der Waals surface area contributed by atoms with E-state index in [1.165, 1.54) is 141 Å². The highest BCUT2D eigenvalue weighted by Gasteiger charge is 2.25. The maximum Gasteiger partial charge on any atom is 0.223 e. The Morgan fingerprint density at radius 2 is 1.00 bits per heavy atom. The van der Waals surface area contributed by atoms with Crippen LogP contribution in [0.2, 0.25) is 0 Å². The smallest absolute Gasteiger partial charge is 0.223 e. The van der Waals surface area contributed by atoms with Gasteiger partial charge in [-0.1, -0.05) is 155 Å². The van der Waals surface area contributed by atoms with E-state index in [0.29, 0.717) is 13.2 Å². The first-order chi connectivity index (χ1) is 21.2. The minimum atomic E-state index is -0.0557. The van der Waals surface area contributed by atoms with Crippen molar-refractivity contribution in [2.75, 3.05) is 26.4 Å². The van der Waals surface area contributed by atoms with Crippen molar-refractivity contribution in [3.8, 4) is 0 Å². The predicted molar refractivity (Wildman–Crippen MR) is 186 cm³/mol. The Labute approximate surface area is 269 Å². The van der Waals surface area contributed by atoms with Gasteiger partial charge in [0.05, 0.1) is 12.7 Å². The summed E-state index contributed by atoms with van der Waals surface area (Å²) in [5.74, 6) is 0.283. The summed E-state index contributed by atoms with van der Waals surface area (Å²) in [6.07, 6.45) is 36.1. The van der Waals surface area contributed by atoms with Gasteiger partial charge in [-0.15, -0.1) is 0 Å². The minimum Gasteiger partial charge on any atom is -0.379 e. The van der Waals surface area contributed by atoms with Gasteiger partial charge in [0, 0.05) is 31.7 Å². The van der Waals surface area contributed by atoms with E-state index in [2.05, 4.69) is 19.2 Å². The molecule has 5 heteroatoms. The monoisotopic (exact) mass is 609 g/mol. The molecule has 0 radical (unpaired) electrons. The number of rotatable bonds is 32. The molecule has 0 aromatic heterocycles. The van der Waals surface area contributed by atoms with Crippen molar-refractivity contribution >= 4 is 5.91 Å². The lowest BCUT2D eigenvalue weighted by molar-refractivity contribution is -0.127. The van der Waals surface area contributed by atoms with Gasteiger partial charge in [0.25, 0.3) is 0 Å². The van der Waals surface area contributed by atoms with Gasteiger partial charge in [0.2, 0.25) is 5.91 Å². The van der Waals surface area contributed by atoms with Gasteiger partial charge in [-0.2, -0.15) is 0 Å². The maximum absolute atomic E-state index is 12.8. The molecule has 1 unspecified atom stereocenters. The summed E-state index contributed by atoms with van der Waals surface area (Å²) >= 11 is 0. The van der Waals surface area contributed by atoms with Crippen LogP contribution in [0.3, 0.4) is 0 Å². The molecular formula is C38H76N2O3. The predicted octanol–water partition coefficient (Wildman–Crippen LogP) is 10.4. The number of carbonyl (C=O) groups is 1. The van der Waals surface area contributed by atoms with E-state index in [-0.39, 0.29) is 24.0 Å². The Morgan fingerprint density at radius 1 is 0.605 bits per heavy atom. The Balaban J connectivity index is 2.13. The molecule has 1 saturated carbocycles. The lowest BCUT2D eigenvalue weighted by atomic mass is 9.86. The van der Waals surface area contributed by atoms with Crippen LogP contribution in [0.4, 0.5) is 0 Å². The summed E-state index contributed by atoms with van der Waals surface area (Å²) in [6.45, 7) is 7.26. The van der Waals surface area contributed by atoms with Gasteiger partial charge in [-0.05, 0) is 38.5 Å². The van der Waals surface area contributed by atoms with Crippen molar-refractivity contribution in [2.24, 2.45) is 11.7 Å². The van der Waals surface area contributed by atoms with Gasteiger partial charge in [-0.3, -0.25) is 4.79 Å². The molecule has 1 fully saturated rings. The lowest BCUT2D eigenvalue weighted by Crippen LogP contribution is -2.41. The fourth-order valence-electron chi connectivity index (χ4n) is 6.36. The molecule has 0 saturated heterocycles. The Morgan fingerprint density at radius 3 is 1.44 bits per heavy atom. The quantitative estimate of drug-likeness (QED) is 0.0745. The normalized spacial score (nSPS) is 17.7. The molecule has 0 spiro atoms. The van der Waals surface area contributed by atoms with E-state index < -0.39 is 0 Å². The van der Waals surface area contributed by atoms with E-state index in [9.17, 15) is 4.79 Å². The third kappa shape index (κ3) is 26.3. The molecule has 0 bridgehead atoms. The zero-order valence-corrected chi connectivity index (χ0v) is 29.2. The van der Waals surface area contributed by atoms with Crippen LogP contribution < -0.4 is 11.1 Å². The fourth-order valence-corrected chi connectivity index (χ4v) is 6.36. The molecule has 0 heterocycles. The number of carbonyl (C=O) groups excluding carboxylic acids is 1. The molecule has 1 aliphatic carbocycles. The highest BCUT2D eigenvalue weighted by molar-refractivity contribution is 5.78. The standard InChI is InChI=1S/C38H76N2O3/c1-3-5-7-9-11-13-15-17-19-21-23-25-31-42-34-37(33-40-38(41)35-27-29-36(39)30-28-35)43-32-26-24-22-20-18-16-14-12-10-8-6-4-2/h35-37H,3-34,39H2,1-2H3,(H,40,41). The van der Waals surface area contributed by atoms with Gasteiger partial charge < -0.3 is 20.5 Å². The van der Waals surface area contributed by atoms with E-state index in [1.807, 2.05) is 0 Å². The van der Waals surface area contributed by atoms with Gasteiger partial charge in [0.15, 0.2) is 0 Å². The summed E-state index contributed by atoms with van der Waals surface area (Å²) in [5, 5.41) is 3.18. The van der Waals surface area contributed by atoms with Crippen LogP contribution in [0.1, 0.15) is 194 Å². The first-order valence-corrected chi connectivity index (χ1v) is 19.4. The maximum atomic E-state index is 12.8. The van der Waals surface area contributed by atoms with Crippen molar-refractivity contribution in [1.82, 2.24) is 5.32 Å². The first-order valence-electron chi connectivity index (χ1n) is 19.4. The van der Waals surface area contributed by atoms with Crippen molar-refractivity contribution in [3.63, 3.8) is 0 Å². The minimum absolute atomic E-state index is 0.0557. The average molecular weight is 609 g/mol. The van der Waals surface area contributed by atoms with E-state index in [4.69, 9.17) is 15.2 Å². The fraction of sp³-hybridized carbons (Fsp3) is 0.974. The Bertz CT molecular complexity index is 580. The second-order valence-electron chi connectivity index (χ2n) is 13.7. The molecule has 1 rings (SSSR count). The van der Waals surface area contributed by atoms with Crippen LogP contribution in [0.25, 0.3) is 0 Å². The summed E-state index contributed by atoms with van der Waals surface area (Å²) in [7, 11) is 0. The van der Waals surface area contributed by atoms with E-state index in [0.717, 1.165) is 51.7 Å². The highest BCUT2D eigenvalue weighted by atomic mass is 16.5.